The van der Waals surface area contributed by atoms with Gasteiger partial charge in [0.1, 0.15) is 5.82 Å². The van der Waals surface area contributed by atoms with Gasteiger partial charge in [-0.3, -0.25) is 0 Å². The first-order valence-electron chi connectivity index (χ1n) is 5.40. The van der Waals surface area contributed by atoms with Gasteiger partial charge in [0.2, 0.25) is 0 Å². The van der Waals surface area contributed by atoms with Crippen molar-refractivity contribution in [3.8, 4) is 0 Å². The molecule has 0 bridgehead atoms. The summed E-state index contributed by atoms with van der Waals surface area (Å²) in [6.07, 6.45) is 0.896. The van der Waals surface area contributed by atoms with Gasteiger partial charge >= 0.3 is 0 Å². The zero-order chi connectivity index (χ0) is 11.5. The Kier molecular flexibility index (Phi) is 3.86. The van der Waals surface area contributed by atoms with Gasteiger partial charge in [-0.05, 0) is 42.0 Å². The Balaban J connectivity index is 2.99. The minimum atomic E-state index is -0.168. The van der Waals surface area contributed by atoms with Gasteiger partial charge in [-0.15, -0.1) is 0 Å². The number of rotatable bonds is 3. The Morgan fingerprint density at radius 1 is 1.33 bits per heavy atom. The van der Waals surface area contributed by atoms with Crippen molar-refractivity contribution in [1.82, 2.24) is 0 Å². The lowest BCUT2D eigenvalue weighted by Gasteiger charge is -2.31. The second-order valence-electron chi connectivity index (χ2n) is 5.05. The zero-order valence-electron chi connectivity index (χ0n) is 9.76. The van der Waals surface area contributed by atoms with Crippen LogP contribution in [-0.4, -0.2) is 6.54 Å². The van der Waals surface area contributed by atoms with Crippen LogP contribution in [0.25, 0.3) is 0 Å². The first-order chi connectivity index (χ1) is 6.95. The lowest BCUT2D eigenvalue weighted by molar-refractivity contribution is 0.307. The highest BCUT2D eigenvalue weighted by Crippen LogP contribution is 2.37. The molecule has 0 amide bonds. The molecule has 1 nitrogen and oxygen atoms in total. The predicted molar refractivity (Wildman–Crippen MR) is 62.3 cm³/mol. The van der Waals surface area contributed by atoms with Crippen molar-refractivity contribution in [2.24, 2.45) is 11.1 Å². The first kappa shape index (κ1) is 12.2. The third-order valence-corrected chi connectivity index (χ3v) is 2.75. The maximum Gasteiger partial charge on any atom is 0.123 e. The van der Waals surface area contributed by atoms with Gasteiger partial charge in [-0.25, -0.2) is 4.39 Å². The maximum absolute atomic E-state index is 13.1. The first-order valence-corrected chi connectivity index (χ1v) is 5.40. The molecule has 2 heteroatoms. The van der Waals surface area contributed by atoms with E-state index in [0.29, 0.717) is 12.5 Å². The van der Waals surface area contributed by atoms with E-state index in [1.807, 2.05) is 6.07 Å². The molecule has 1 rings (SSSR count). The molecule has 0 saturated heterocycles. The highest BCUT2D eigenvalue weighted by atomic mass is 19.1. The topological polar surface area (TPSA) is 26.0 Å². The van der Waals surface area contributed by atoms with Crippen LogP contribution in [0.4, 0.5) is 4.39 Å². The van der Waals surface area contributed by atoms with Gasteiger partial charge in [0.25, 0.3) is 0 Å². The Labute approximate surface area is 91.5 Å². The lowest BCUT2D eigenvalue weighted by Crippen LogP contribution is -2.21. The Morgan fingerprint density at radius 2 is 2.00 bits per heavy atom. The monoisotopic (exact) mass is 209 g/mol. The van der Waals surface area contributed by atoms with Crippen LogP contribution in [0.15, 0.2) is 24.3 Å². The molecular weight excluding hydrogens is 189 g/mol. The normalized spacial score (nSPS) is 13.9. The summed E-state index contributed by atoms with van der Waals surface area (Å²) in [6, 6.07) is 6.84. The van der Waals surface area contributed by atoms with E-state index in [2.05, 4.69) is 20.8 Å². The molecule has 0 spiro atoms. The van der Waals surface area contributed by atoms with Crippen molar-refractivity contribution in [3.05, 3.63) is 35.6 Å². The summed E-state index contributed by atoms with van der Waals surface area (Å²) in [4.78, 5) is 0. The van der Waals surface area contributed by atoms with E-state index in [-0.39, 0.29) is 11.2 Å². The molecule has 0 aromatic heterocycles. The average molecular weight is 209 g/mol. The smallest absolute Gasteiger partial charge is 0.123 e. The third-order valence-electron chi connectivity index (χ3n) is 2.75. The molecule has 0 saturated carbocycles. The summed E-state index contributed by atoms with van der Waals surface area (Å²) in [5, 5.41) is 0. The zero-order valence-corrected chi connectivity index (χ0v) is 9.76. The maximum atomic E-state index is 13.1. The molecule has 0 aliphatic carbocycles. The molecule has 1 aromatic carbocycles. The van der Waals surface area contributed by atoms with Crippen molar-refractivity contribution >= 4 is 0 Å². The number of nitrogens with two attached hydrogens (primary N) is 1. The summed E-state index contributed by atoms with van der Waals surface area (Å²) in [5.41, 5.74) is 6.77. The second-order valence-corrected chi connectivity index (χ2v) is 5.05. The van der Waals surface area contributed by atoms with Crippen LogP contribution in [0.3, 0.4) is 0 Å². The van der Waals surface area contributed by atoms with Gasteiger partial charge in [0.05, 0.1) is 0 Å². The molecule has 0 radical (unpaired) electrons. The van der Waals surface area contributed by atoms with E-state index in [0.717, 1.165) is 12.0 Å². The van der Waals surface area contributed by atoms with Crippen molar-refractivity contribution in [1.29, 1.82) is 0 Å². The van der Waals surface area contributed by atoms with E-state index in [9.17, 15) is 4.39 Å². The second kappa shape index (κ2) is 4.75. The Bertz CT molecular complexity index is 315. The van der Waals surface area contributed by atoms with Crippen LogP contribution >= 0.6 is 0 Å². The van der Waals surface area contributed by atoms with E-state index < -0.39 is 0 Å². The minimum absolute atomic E-state index is 0.118. The van der Waals surface area contributed by atoms with Crippen molar-refractivity contribution in [2.45, 2.75) is 33.1 Å². The van der Waals surface area contributed by atoms with Gasteiger partial charge in [-0.2, -0.15) is 0 Å². The van der Waals surface area contributed by atoms with Crippen LogP contribution < -0.4 is 5.73 Å². The summed E-state index contributed by atoms with van der Waals surface area (Å²) in [5.74, 6) is 0.150. The molecular formula is C13H20FN. The highest BCUT2D eigenvalue weighted by molar-refractivity contribution is 5.22. The van der Waals surface area contributed by atoms with E-state index in [1.54, 1.807) is 12.1 Å². The molecule has 1 aromatic rings. The van der Waals surface area contributed by atoms with Gasteiger partial charge < -0.3 is 5.73 Å². The SMILES string of the molecule is CC(C)(C)C(CCN)c1cccc(F)c1. The fourth-order valence-electron chi connectivity index (χ4n) is 1.99. The summed E-state index contributed by atoms with van der Waals surface area (Å²) in [7, 11) is 0. The van der Waals surface area contributed by atoms with Gasteiger partial charge in [-0.1, -0.05) is 32.9 Å². The molecule has 0 fully saturated rings. The summed E-state index contributed by atoms with van der Waals surface area (Å²) >= 11 is 0. The molecule has 0 heterocycles. The third kappa shape index (κ3) is 3.31. The van der Waals surface area contributed by atoms with Gasteiger partial charge in [0, 0.05) is 0 Å². The summed E-state index contributed by atoms with van der Waals surface area (Å²) < 4.78 is 13.1. The van der Waals surface area contributed by atoms with Crippen LogP contribution in [0.1, 0.15) is 38.7 Å². The van der Waals surface area contributed by atoms with Crippen LogP contribution in [-0.2, 0) is 0 Å². The molecule has 1 atom stereocenters. The Hall–Kier alpha value is -0.890. The number of hydrogen-bond acceptors (Lipinski definition) is 1. The van der Waals surface area contributed by atoms with Crippen LogP contribution in [0.2, 0.25) is 0 Å². The fourth-order valence-corrected chi connectivity index (χ4v) is 1.99. The highest BCUT2D eigenvalue weighted by Gasteiger charge is 2.25. The summed E-state index contributed by atoms with van der Waals surface area (Å²) in [6.45, 7) is 7.13. The predicted octanol–water partition coefficient (Wildman–Crippen LogP) is 3.30. The van der Waals surface area contributed by atoms with Gasteiger partial charge in [0.15, 0.2) is 0 Å². The largest absolute Gasteiger partial charge is 0.330 e. The van der Waals surface area contributed by atoms with E-state index in [4.69, 9.17) is 5.73 Å². The van der Waals surface area contributed by atoms with Crippen LogP contribution in [0, 0.1) is 11.2 Å². The molecule has 1 unspecified atom stereocenters. The number of halogens is 1. The molecule has 15 heavy (non-hydrogen) atoms. The van der Waals surface area contributed by atoms with Crippen molar-refractivity contribution < 1.29 is 4.39 Å². The molecule has 2 N–H and O–H groups in total. The Morgan fingerprint density at radius 3 is 2.47 bits per heavy atom. The fraction of sp³-hybridized carbons (Fsp3) is 0.538. The number of hydrogen-bond donors (Lipinski definition) is 1. The van der Waals surface area contributed by atoms with E-state index >= 15 is 0 Å². The quantitative estimate of drug-likeness (QED) is 0.812. The average Bonchev–Trinajstić information content (AvgIpc) is 2.12. The standard InChI is InChI=1S/C13H20FN/c1-13(2,3)12(7-8-15)10-5-4-6-11(14)9-10/h4-6,9,12H,7-8,15H2,1-3H3. The van der Waals surface area contributed by atoms with Crippen molar-refractivity contribution in [2.75, 3.05) is 6.54 Å². The lowest BCUT2D eigenvalue weighted by atomic mass is 9.74. The minimum Gasteiger partial charge on any atom is -0.330 e. The molecule has 84 valence electrons. The number of benzene rings is 1. The molecule has 0 aliphatic rings. The van der Waals surface area contributed by atoms with Crippen molar-refractivity contribution in [3.63, 3.8) is 0 Å². The van der Waals surface area contributed by atoms with Crippen LogP contribution in [0.5, 0.6) is 0 Å². The van der Waals surface area contributed by atoms with E-state index in [1.165, 1.54) is 6.07 Å². The molecule has 0 aliphatic heterocycles.